The van der Waals surface area contributed by atoms with Crippen molar-refractivity contribution in [3.63, 3.8) is 0 Å². The molecule has 0 aromatic heterocycles. The highest BCUT2D eigenvalue weighted by atomic mass is 16.6. The third-order valence-electron chi connectivity index (χ3n) is 2.11. The first-order valence-electron chi connectivity index (χ1n) is 6.20. The molecule has 0 aliphatic carbocycles. The molecule has 0 saturated heterocycles. The number of ether oxygens (including phenoxy) is 2. The summed E-state index contributed by atoms with van der Waals surface area (Å²) in [5, 5.41) is 2.54. The second kappa shape index (κ2) is 6.75. The molecule has 1 aromatic carbocycles. The summed E-state index contributed by atoms with van der Waals surface area (Å²) in [5.74, 6) is -0.531. The van der Waals surface area contributed by atoms with Crippen LogP contribution in [0.15, 0.2) is 36.9 Å². The van der Waals surface area contributed by atoms with Crippen molar-refractivity contribution < 1.29 is 19.1 Å². The fraction of sp³-hybridized carbons (Fsp3) is 0.333. The van der Waals surface area contributed by atoms with Gasteiger partial charge >= 0.3 is 12.1 Å². The first-order valence-corrected chi connectivity index (χ1v) is 6.20. The van der Waals surface area contributed by atoms with Gasteiger partial charge in [0, 0.05) is 0 Å². The monoisotopic (exact) mass is 277 g/mol. The predicted molar refractivity (Wildman–Crippen MR) is 76.8 cm³/mol. The van der Waals surface area contributed by atoms with E-state index < -0.39 is 17.7 Å². The Balaban J connectivity index is 2.82. The molecule has 0 unspecified atom stereocenters. The average molecular weight is 277 g/mol. The lowest BCUT2D eigenvalue weighted by atomic mass is 10.2. The van der Waals surface area contributed by atoms with Crippen LogP contribution in [0.5, 0.6) is 0 Å². The third kappa shape index (κ3) is 5.14. The van der Waals surface area contributed by atoms with Crippen molar-refractivity contribution in [2.75, 3.05) is 11.9 Å². The molecular weight excluding hydrogens is 258 g/mol. The molecule has 0 bridgehead atoms. The van der Waals surface area contributed by atoms with E-state index in [-0.39, 0.29) is 12.2 Å². The largest absolute Gasteiger partial charge is 0.458 e. The van der Waals surface area contributed by atoms with E-state index in [4.69, 9.17) is 9.47 Å². The minimum atomic E-state index is -0.624. The highest BCUT2D eigenvalue weighted by molar-refractivity contribution is 5.99. The summed E-state index contributed by atoms with van der Waals surface area (Å²) in [6.07, 6.45) is 0.850. The van der Waals surface area contributed by atoms with Crippen molar-refractivity contribution >= 4 is 17.7 Å². The number of anilines is 1. The Morgan fingerprint density at radius 3 is 2.55 bits per heavy atom. The molecule has 0 fully saturated rings. The van der Waals surface area contributed by atoms with Crippen LogP contribution in [0.4, 0.5) is 10.5 Å². The van der Waals surface area contributed by atoms with Crippen LogP contribution in [-0.2, 0) is 9.47 Å². The first-order chi connectivity index (χ1) is 9.33. The standard InChI is InChI=1S/C15H19NO4/c1-5-10-19-13(17)11-8-6-7-9-12(11)16-14(18)20-15(2,3)4/h5-9H,1,10H2,2-4H3,(H,16,18). The van der Waals surface area contributed by atoms with E-state index in [2.05, 4.69) is 11.9 Å². The van der Waals surface area contributed by atoms with Gasteiger partial charge in [-0.05, 0) is 32.9 Å². The lowest BCUT2D eigenvalue weighted by Crippen LogP contribution is -2.27. The van der Waals surface area contributed by atoms with E-state index in [0.29, 0.717) is 5.69 Å². The summed E-state index contributed by atoms with van der Waals surface area (Å²) in [4.78, 5) is 23.5. The van der Waals surface area contributed by atoms with Crippen LogP contribution < -0.4 is 5.32 Å². The Labute approximate surface area is 118 Å². The van der Waals surface area contributed by atoms with Crippen molar-refractivity contribution in [1.82, 2.24) is 0 Å². The van der Waals surface area contributed by atoms with Crippen molar-refractivity contribution in [3.05, 3.63) is 42.5 Å². The molecule has 108 valence electrons. The van der Waals surface area contributed by atoms with E-state index in [1.807, 2.05) is 0 Å². The van der Waals surface area contributed by atoms with Crippen molar-refractivity contribution in [1.29, 1.82) is 0 Å². The van der Waals surface area contributed by atoms with E-state index in [1.165, 1.54) is 6.08 Å². The number of carbonyl (C=O) groups is 2. The van der Waals surface area contributed by atoms with Crippen LogP contribution in [0.2, 0.25) is 0 Å². The molecule has 1 aromatic rings. The van der Waals surface area contributed by atoms with Crippen LogP contribution >= 0.6 is 0 Å². The molecule has 1 amide bonds. The Hall–Kier alpha value is -2.30. The molecule has 0 radical (unpaired) electrons. The fourth-order valence-corrected chi connectivity index (χ4v) is 1.40. The predicted octanol–water partition coefficient (Wildman–Crippen LogP) is 3.38. The van der Waals surface area contributed by atoms with E-state index in [1.54, 1.807) is 45.0 Å². The number of hydrogen-bond acceptors (Lipinski definition) is 4. The van der Waals surface area contributed by atoms with Gasteiger partial charge in [-0.3, -0.25) is 5.32 Å². The molecule has 0 atom stereocenters. The first kappa shape index (κ1) is 15.8. The summed E-state index contributed by atoms with van der Waals surface area (Å²) >= 11 is 0. The summed E-state index contributed by atoms with van der Waals surface area (Å²) in [5.41, 5.74) is -0.00133. The Morgan fingerprint density at radius 1 is 1.30 bits per heavy atom. The maximum Gasteiger partial charge on any atom is 0.412 e. The highest BCUT2D eigenvalue weighted by Crippen LogP contribution is 2.18. The van der Waals surface area contributed by atoms with Crippen LogP contribution in [-0.4, -0.2) is 24.3 Å². The molecule has 0 spiro atoms. The smallest absolute Gasteiger partial charge is 0.412 e. The Kier molecular flexibility index (Phi) is 5.32. The van der Waals surface area contributed by atoms with Crippen molar-refractivity contribution in [2.24, 2.45) is 0 Å². The second-order valence-electron chi connectivity index (χ2n) is 5.06. The number of carbonyl (C=O) groups excluding carboxylic acids is 2. The normalized spacial score (nSPS) is 10.6. The van der Waals surface area contributed by atoms with Gasteiger partial charge in [0.25, 0.3) is 0 Å². The summed E-state index contributed by atoms with van der Waals surface area (Å²) in [6, 6.07) is 6.56. The molecule has 20 heavy (non-hydrogen) atoms. The Bertz CT molecular complexity index is 503. The SMILES string of the molecule is C=CCOC(=O)c1ccccc1NC(=O)OC(C)(C)C. The zero-order valence-corrected chi connectivity index (χ0v) is 11.9. The second-order valence-corrected chi connectivity index (χ2v) is 5.06. The fourth-order valence-electron chi connectivity index (χ4n) is 1.40. The van der Waals surface area contributed by atoms with E-state index >= 15 is 0 Å². The van der Waals surface area contributed by atoms with Gasteiger partial charge in [0.1, 0.15) is 12.2 Å². The zero-order valence-electron chi connectivity index (χ0n) is 11.9. The number of para-hydroxylation sites is 1. The number of nitrogens with one attached hydrogen (secondary N) is 1. The summed E-state index contributed by atoms with van der Waals surface area (Å²) in [6.45, 7) is 8.86. The van der Waals surface area contributed by atoms with E-state index in [9.17, 15) is 9.59 Å². The molecule has 0 aliphatic heterocycles. The lowest BCUT2D eigenvalue weighted by molar-refractivity contribution is 0.0551. The minimum Gasteiger partial charge on any atom is -0.458 e. The van der Waals surface area contributed by atoms with E-state index in [0.717, 1.165) is 0 Å². The summed E-state index contributed by atoms with van der Waals surface area (Å²) < 4.78 is 10.1. The summed E-state index contributed by atoms with van der Waals surface area (Å²) in [7, 11) is 0. The minimum absolute atomic E-state index is 0.111. The van der Waals surface area contributed by atoms with Crippen molar-refractivity contribution in [2.45, 2.75) is 26.4 Å². The van der Waals surface area contributed by atoms with Gasteiger partial charge in [0.05, 0.1) is 11.3 Å². The van der Waals surface area contributed by atoms with Gasteiger partial charge < -0.3 is 9.47 Å². The molecule has 0 aliphatic rings. The van der Waals surface area contributed by atoms with Crippen LogP contribution in [0.25, 0.3) is 0 Å². The number of esters is 1. The third-order valence-corrected chi connectivity index (χ3v) is 2.11. The maximum absolute atomic E-state index is 11.8. The average Bonchev–Trinajstić information content (AvgIpc) is 2.34. The molecule has 0 heterocycles. The number of amides is 1. The van der Waals surface area contributed by atoms with Gasteiger partial charge in [-0.2, -0.15) is 0 Å². The van der Waals surface area contributed by atoms with Crippen LogP contribution in [0.1, 0.15) is 31.1 Å². The van der Waals surface area contributed by atoms with Gasteiger partial charge in [-0.15, -0.1) is 0 Å². The Morgan fingerprint density at radius 2 is 1.95 bits per heavy atom. The van der Waals surface area contributed by atoms with Gasteiger partial charge in [-0.25, -0.2) is 9.59 Å². The highest BCUT2D eigenvalue weighted by Gasteiger charge is 2.19. The van der Waals surface area contributed by atoms with Crippen molar-refractivity contribution in [3.8, 4) is 0 Å². The lowest BCUT2D eigenvalue weighted by Gasteiger charge is -2.20. The number of hydrogen-bond donors (Lipinski definition) is 1. The zero-order chi connectivity index (χ0) is 15.2. The topological polar surface area (TPSA) is 64.6 Å². The van der Waals surface area contributed by atoms with Gasteiger partial charge in [-0.1, -0.05) is 24.8 Å². The maximum atomic E-state index is 11.8. The molecule has 1 rings (SSSR count). The number of rotatable bonds is 4. The number of benzene rings is 1. The molecule has 5 heteroatoms. The molecule has 0 saturated carbocycles. The molecule has 5 nitrogen and oxygen atoms in total. The van der Waals surface area contributed by atoms with Gasteiger partial charge in [0.15, 0.2) is 0 Å². The van der Waals surface area contributed by atoms with Crippen LogP contribution in [0, 0.1) is 0 Å². The quantitative estimate of drug-likeness (QED) is 0.677. The van der Waals surface area contributed by atoms with Gasteiger partial charge in [0.2, 0.25) is 0 Å². The molecule has 1 N–H and O–H groups in total. The van der Waals surface area contributed by atoms with Crippen LogP contribution in [0.3, 0.4) is 0 Å². The molecular formula is C15H19NO4.